The van der Waals surface area contributed by atoms with Gasteiger partial charge >= 0.3 is 0 Å². The van der Waals surface area contributed by atoms with E-state index in [2.05, 4.69) is 4.98 Å². The number of aromatic nitrogens is 2. The SMILES string of the molecule is CCc1nccn1CC(=O)N1CC[C@H](Oc2ccc(Cl)cc2)[C@@H](CC(N)=O)C1. The summed E-state index contributed by atoms with van der Waals surface area (Å²) in [7, 11) is 0. The summed E-state index contributed by atoms with van der Waals surface area (Å²) in [6, 6.07) is 7.11. The number of amides is 2. The summed E-state index contributed by atoms with van der Waals surface area (Å²) in [4.78, 5) is 30.4. The molecule has 1 aromatic heterocycles. The van der Waals surface area contributed by atoms with E-state index in [1.54, 1.807) is 35.4 Å². The van der Waals surface area contributed by atoms with E-state index in [-0.39, 0.29) is 30.9 Å². The van der Waals surface area contributed by atoms with Crippen LogP contribution in [0.2, 0.25) is 5.02 Å². The minimum Gasteiger partial charge on any atom is -0.490 e. The van der Waals surface area contributed by atoms with Gasteiger partial charge in [0.05, 0.1) is 0 Å². The molecular weight excluding hydrogens is 380 g/mol. The monoisotopic (exact) mass is 404 g/mol. The van der Waals surface area contributed by atoms with E-state index in [9.17, 15) is 9.59 Å². The van der Waals surface area contributed by atoms with Gasteiger partial charge in [-0.25, -0.2) is 4.98 Å². The van der Waals surface area contributed by atoms with Crippen molar-refractivity contribution in [3.63, 3.8) is 0 Å². The highest BCUT2D eigenvalue weighted by Crippen LogP contribution is 2.26. The van der Waals surface area contributed by atoms with Crippen molar-refractivity contribution in [3.05, 3.63) is 47.5 Å². The van der Waals surface area contributed by atoms with Gasteiger partial charge in [0.2, 0.25) is 11.8 Å². The molecule has 0 unspecified atom stereocenters. The number of halogens is 1. The average Bonchev–Trinajstić information content (AvgIpc) is 3.11. The summed E-state index contributed by atoms with van der Waals surface area (Å²) < 4.78 is 7.94. The van der Waals surface area contributed by atoms with Crippen LogP contribution in [-0.4, -0.2) is 45.5 Å². The topological polar surface area (TPSA) is 90.4 Å². The number of benzene rings is 1. The lowest BCUT2D eigenvalue weighted by Gasteiger charge is -2.38. The van der Waals surface area contributed by atoms with Gasteiger partial charge in [0.1, 0.15) is 24.2 Å². The fraction of sp³-hybridized carbons (Fsp3) is 0.450. The zero-order valence-electron chi connectivity index (χ0n) is 15.9. The Kier molecular flexibility index (Phi) is 6.57. The maximum absolute atomic E-state index is 12.8. The molecule has 0 saturated carbocycles. The first kappa shape index (κ1) is 20.2. The molecule has 0 aliphatic carbocycles. The fourth-order valence-electron chi connectivity index (χ4n) is 3.58. The highest BCUT2D eigenvalue weighted by atomic mass is 35.5. The molecule has 2 heterocycles. The molecule has 2 atom stereocenters. The van der Waals surface area contributed by atoms with Crippen LogP contribution in [0.15, 0.2) is 36.7 Å². The maximum Gasteiger partial charge on any atom is 0.242 e. The Morgan fingerprint density at radius 2 is 2.07 bits per heavy atom. The van der Waals surface area contributed by atoms with E-state index < -0.39 is 5.91 Å². The molecule has 7 nitrogen and oxygen atoms in total. The first-order valence-electron chi connectivity index (χ1n) is 9.44. The third-order valence-electron chi connectivity index (χ3n) is 5.00. The molecule has 1 aromatic carbocycles. The second-order valence-corrected chi connectivity index (χ2v) is 7.43. The highest BCUT2D eigenvalue weighted by molar-refractivity contribution is 6.30. The molecule has 2 amide bonds. The number of nitrogens with zero attached hydrogens (tertiary/aromatic N) is 3. The Labute approximate surface area is 169 Å². The molecule has 8 heteroatoms. The lowest BCUT2D eigenvalue weighted by molar-refractivity contribution is -0.136. The summed E-state index contributed by atoms with van der Waals surface area (Å²) in [5, 5.41) is 0.632. The molecular formula is C20H25ClN4O3. The molecule has 150 valence electrons. The first-order valence-corrected chi connectivity index (χ1v) is 9.82. The minimum absolute atomic E-state index is 0.00659. The molecule has 3 rings (SSSR count). The van der Waals surface area contributed by atoms with Gasteiger partial charge in [-0.05, 0) is 24.3 Å². The molecule has 1 fully saturated rings. The molecule has 0 spiro atoms. The smallest absolute Gasteiger partial charge is 0.242 e. The van der Waals surface area contributed by atoms with Crippen molar-refractivity contribution in [2.45, 2.75) is 38.8 Å². The number of piperidine rings is 1. The number of carbonyl (C=O) groups excluding carboxylic acids is 2. The third kappa shape index (κ3) is 5.04. The number of primary amides is 1. The van der Waals surface area contributed by atoms with Crippen LogP contribution in [0.1, 0.15) is 25.6 Å². The van der Waals surface area contributed by atoms with Gasteiger partial charge in [0.15, 0.2) is 0 Å². The summed E-state index contributed by atoms with van der Waals surface area (Å²) >= 11 is 5.92. The van der Waals surface area contributed by atoms with Crippen LogP contribution in [0.4, 0.5) is 0 Å². The number of carbonyl (C=O) groups is 2. The predicted molar refractivity (Wildman–Crippen MR) is 106 cm³/mol. The Morgan fingerprint density at radius 3 is 2.75 bits per heavy atom. The first-order chi connectivity index (χ1) is 13.5. The lowest BCUT2D eigenvalue weighted by atomic mass is 9.91. The molecule has 0 radical (unpaired) electrons. The van der Waals surface area contributed by atoms with Gasteiger partial charge in [0.25, 0.3) is 0 Å². The number of likely N-dealkylation sites (tertiary alicyclic amines) is 1. The van der Waals surface area contributed by atoms with E-state index in [1.807, 2.05) is 17.7 Å². The maximum atomic E-state index is 12.8. The van der Waals surface area contributed by atoms with Crippen molar-refractivity contribution < 1.29 is 14.3 Å². The van der Waals surface area contributed by atoms with Crippen molar-refractivity contribution >= 4 is 23.4 Å². The lowest BCUT2D eigenvalue weighted by Crippen LogP contribution is -2.49. The largest absolute Gasteiger partial charge is 0.490 e. The van der Waals surface area contributed by atoms with Crippen LogP contribution in [0.25, 0.3) is 0 Å². The Bertz CT molecular complexity index is 821. The summed E-state index contributed by atoms with van der Waals surface area (Å²) in [5.41, 5.74) is 5.44. The van der Waals surface area contributed by atoms with E-state index in [4.69, 9.17) is 22.1 Å². The number of ether oxygens (including phenoxy) is 1. The standard InChI is InChI=1S/C20H25ClN4O3/c1-2-19-23-8-10-24(19)13-20(27)25-9-7-17(14(12-25)11-18(22)26)28-16-5-3-15(21)4-6-16/h3-6,8,10,14,17H,2,7,9,11-13H2,1H3,(H2,22,26)/t14-,17-/m0/s1. The van der Waals surface area contributed by atoms with Crippen LogP contribution < -0.4 is 10.5 Å². The van der Waals surface area contributed by atoms with Crippen molar-refractivity contribution in [1.29, 1.82) is 0 Å². The predicted octanol–water partition coefficient (Wildman–Crippen LogP) is 2.27. The van der Waals surface area contributed by atoms with Crippen molar-refractivity contribution in [2.24, 2.45) is 11.7 Å². The number of aryl methyl sites for hydroxylation is 1. The summed E-state index contributed by atoms with van der Waals surface area (Å²) in [6.07, 6.45) is 4.91. The van der Waals surface area contributed by atoms with Crippen molar-refractivity contribution in [3.8, 4) is 5.75 Å². The summed E-state index contributed by atoms with van der Waals surface area (Å²) in [5.74, 6) is 1.02. The number of rotatable bonds is 7. The van der Waals surface area contributed by atoms with Crippen molar-refractivity contribution in [1.82, 2.24) is 14.5 Å². The van der Waals surface area contributed by atoms with Gasteiger partial charge in [0, 0.05) is 55.7 Å². The van der Waals surface area contributed by atoms with Gasteiger partial charge < -0.3 is 19.9 Å². The third-order valence-corrected chi connectivity index (χ3v) is 5.26. The van der Waals surface area contributed by atoms with Crippen LogP contribution in [0.5, 0.6) is 5.75 Å². The minimum atomic E-state index is -0.396. The number of hydrogen-bond acceptors (Lipinski definition) is 4. The summed E-state index contributed by atoms with van der Waals surface area (Å²) in [6.45, 7) is 3.26. The van der Waals surface area contributed by atoms with Gasteiger partial charge in [-0.15, -0.1) is 0 Å². The zero-order chi connectivity index (χ0) is 20.1. The van der Waals surface area contributed by atoms with E-state index in [0.29, 0.717) is 30.3 Å². The Hall–Kier alpha value is -2.54. The Balaban J connectivity index is 1.66. The van der Waals surface area contributed by atoms with Gasteiger partial charge in [-0.3, -0.25) is 9.59 Å². The molecule has 2 N–H and O–H groups in total. The fourth-order valence-corrected chi connectivity index (χ4v) is 3.70. The molecule has 28 heavy (non-hydrogen) atoms. The average molecular weight is 405 g/mol. The molecule has 1 aliphatic heterocycles. The van der Waals surface area contributed by atoms with Crippen molar-refractivity contribution in [2.75, 3.05) is 13.1 Å². The molecule has 1 aliphatic rings. The van der Waals surface area contributed by atoms with Gasteiger partial charge in [-0.1, -0.05) is 18.5 Å². The van der Waals surface area contributed by atoms with Crippen LogP contribution in [0.3, 0.4) is 0 Å². The molecule has 2 aromatic rings. The number of imidazole rings is 1. The van der Waals surface area contributed by atoms with Gasteiger partial charge in [-0.2, -0.15) is 0 Å². The van der Waals surface area contributed by atoms with Crippen LogP contribution in [0, 0.1) is 5.92 Å². The number of hydrogen-bond donors (Lipinski definition) is 1. The number of nitrogens with two attached hydrogens (primary N) is 1. The molecule has 1 saturated heterocycles. The highest BCUT2D eigenvalue weighted by Gasteiger charge is 2.34. The second-order valence-electron chi connectivity index (χ2n) is 6.99. The quantitative estimate of drug-likeness (QED) is 0.766. The molecule has 0 bridgehead atoms. The van der Waals surface area contributed by atoms with E-state index in [0.717, 1.165) is 12.2 Å². The normalized spacial score (nSPS) is 19.4. The van der Waals surface area contributed by atoms with E-state index in [1.165, 1.54) is 0 Å². The Morgan fingerprint density at radius 1 is 1.32 bits per heavy atom. The van der Waals surface area contributed by atoms with E-state index >= 15 is 0 Å². The van der Waals surface area contributed by atoms with Crippen LogP contribution >= 0.6 is 11.6 Å². The van der Waals surface area contributed by atoms with Crippen LogP contribution in [-0.2, 0) is 22.6 Å². The second kappa shape index (κ2) is 9.10. The zero-order valence-corrected chi connectivity index (χ0v) is 16.6.